The molecule has 1 aliphatic heterocycles. The van der Waals surface area contributed by atoms with Crippen LogP contribution in [0, 0.1) is 0 Å². The highest BCUT2D eigenvalue weighted by molar-refractivity contribution is 5.96. The first kappa shape index (κ1) is 16.6. The van der Waals surface area contributed by atoms with E-state index in [2.05, 4.69) is 12.1 Å². The van der Waals surface area contributed by atoms with Crippen molar-refractivity contribution in [2.24, 2.45) is 0 Å². The highest BCUT2D eigenvalue weighted by Gasteiger charge is 2.36. The zero-order valence-electron chi connectivity index (χ0n) is 13.1. The van der Waals surface area contributed by atoms with Gasteiger partial charge in [0.15, 0.2) is 0 Å². The summed E-state index contributed by atoms with van der Waals surface area (Å²) in [5.74, 6) is -0.178. The second-order valence-electron chi connectivity index (χ2n) is 6.02. The first-order valence-electron chi connectivity index (χ1n) is 7.97. The fourth-order valence-electron chi connectivity index (χ4n) is 3.23. The van der Waals surface area contributed by atoms with Crippen molar-refractivity contribution in [3.05, 3.63) is 71.3 Å². The molecule has 0 aromatic heterocycles. The zero-order chi connectivity index (χ0) is 17.2. The summed E-state index contributed by atoms with van der Waals surface area (Å²) in [6.07, 6.45) is -2.98. The van der Waals surface area contributed by atoms with Crippen LogP contribution in [0.25, 0.3) is 0 Å². The summed E-state index contributed by atoms with van der Waals surface area (Å²) < 4.78 is 39.3. The van der Waals surface area contributed by atoms with Crippen molar-refractivity contribution in [1.82, 2.24) is 4.90 Å². The maximum atomic E-state index is 13.1. The molecule has 0 atom stereocenters. The molecule has 126 valence electrons. The van der Waals surface area contributed by atoms with Crippen molar-refractivity contribution in [2.45, 2.75) is 24.9 Å². The molecular weight excluding hydrogens is 315 g/mol. The normalized spacial score (nSPS) is 16.2. The quantitative estimate of drug-likeness (QED) is 0.778. The molecule has 1 amide bonds. The van der Waals surface area contributed by atoms with Crippen LogP contribution in [0.15, 0.2) is 54.6 Å². The lowest BCUT2D eigenvalue weighted by molar-refractivity contribution is -0.138. The molecule has 1 fully saturated rings. The highest BCUT2D eigenvalue weighted by Crippen LogP contribution is 2.34. The Hall–Kier alpha value is -2.30. The average Bonchev–Trinajstić information content (AvgIpc) is 2.61. The standard InChI is InChI=1S/C19H18F3NO/c20-19(21,22)17-9-5-4-8-16(17)18(24)23-12-10-15(11-13-23)14-6-2-1-3-7-14/h1-9,15H,10-13H2. The Kier molecular flexibility index (Phi) is 4.60. The number of likely N-dealkylation sites (tertiary alicyclic amines) is 1. The molecule has 0 N–H and O–H groups in total. The SMILES string of the molecule is O=C(c1ccccc1C(F)(F)F)N1CCC(c2ccccc2)CC1. The molecule has 0 radical (unpaired) electrons. The number of amides is 1. The summed E-state index contributed by atoms with van der Waals surface area (Å²) in [4.78, 5) is 14.1. The van der Waals surface area contributed by atoms with Gasteiger partial charge in [-0.3, -0.25) is 4.79 Å². The molecule has 2 aromatic rings. The van der Waals surface area contributed by atoms with E-state index in [1.165, 1.54) is 28.7 Å². The molecule has 0 saturated carbocycles. The predicted molar refractivity (Wildman–Crippen MR) is 85.8 cm³/mol. The molecule has 0 unspecified atom stereocenters. The minimum absolute atomic E-state index is 0.261. The van der Waals surface area contributed by atoms with Gasteiger partial charge in [-0.2, -0.15) is 13.2 Å². The van der Waals surface area contributed by atoms with Crippen LogP contribution in [-0.2, 0) is 6.18 Å². The zero-order valence-corrected chi connectivity index (χ0v) is 13.1. The van der Waals surface area contributed by atoms with Crippen molar-refractivity contribution >= 4 is 5.91 Å². The van der Waals surface area contributed by atoms with Gasteiger partial charge in [0, 0.05) is 13.1 Å². The first-order chi connectivity index (χ1) is 11.5. The summed E-state index contributed by atoms with van der Waals surface area (Å²) in [6.45, 7) is 0.954. The van der Waals surface area contributed by atoms with Crippen LogP contribution < -0.4 is 0 Å². The van der Waals surface area contributed by atoms with Gasteiger partial charge in [0.1, 0.15) is 0 Å². The number of carbonyl (C=O) groups excluding carboxylic acids is 1. The molecule has 1 heterocycles. The van der Waals surface area contributed by atoms with Crippen molar-refractivity contribution in [1.29, 1.82) is 0 Å². The topological polar surface area (TPSA) is 20.3 Å². The highest BCUT2D eigenvalue weighted by atomic mass is 19.4. The molecule has 5 heteroatoms. The molecule has 0 aliphatic carbocycles. The lowest BCUT2D eigenvalue weighted by Crippen LogP contribution is -2.38. The van der Waals surface area contributed by atoms with Crippen molar-refractivity contribution in [3.8, 4) is 0 Å². The van der Waals surface area contributed by atoms with Gasteiger partial charge < -0.3 is 4.90 Å². The Morgan fingerprint density at radius 2 is 1.50 bits per heavy atom. The van der Waals surface area contributed by atoms with Crippen LogP contribution >= 0.6 is 0 Å². The largest absolute Gasteiger partial charge is 0.417 e. The van der Waals surface area contributed by atoms with Gasteiger partial charge >= 0.3 is 6.18 Å². The number of halogens is 3. The Labute approximate surface area is 138 Å². The second-order valence-corrected chi connectivity index (χ2v) is 6.02. The smallest absolute Gasteiger partial charge is 0.339 e. The minimum atomic E-state index is -4.52. The minimum Gasteiger partial charge on any atom is -0.339 e. The van der Waals surface area contributed by atoms with E-state index in [4.69, 9.17) is 0 Å². The number of rotatable bonds is 2. The Morgan fingerprint density at radius 3 is 2.12 bits per heavy atom. The Bertz CT molecular complexity index is 704. The average molecular weight is 333 g/mol. The van der Waals surface area contributed by atoms with E-state index in [0.29, 0.717) is 19.0 Å². The van der Waals surface area contributed by atoms with Crippen molar-refractivity contribution in [3.63, 3.8) is 0 Å². The number of alkyl halides is 3. The molecule has 2 aromatic carbocycles. The van der Waals surface area contributed by atoms with E-state index in [1.54, 1.807) is 0 Å². The molecular formula is C19H18F3NO. The lowest BCUT2D eigenvalue weighted by Gasteiger charge is -2.32. The molecule has 1 saturated heterocycles. The fraction of sp³-hybridized carbons (Fsp3) is 0.316. The predicted octanol–water partition coefficient (Wildman–Crippen LogP) is 4.73. The molecule has 1 aliphatic rings. The molecule has 0 spiro atoms. The van der Waals surface area contributed by atoms with Crippen LogP contribution in [0.5, 0.6) is 0 Å². The van der Waals surface area contributed by atoms with E-state index in [9.17, 15) is 18.0 Å². The van der Waals surface area contributed by atoms with Crippen LogP contribution in [0.2, 0.25) is 0 Å². The third-order valence-electron chi connectivity index (χ3n) is 4.52. The number of benzene rings is 2. The van der Waals surface area contributed by atoms with Gasteiger partial charge in [-0.25, -0.2) is 0 Å². The van der Waals surface area contributed by atoms with Crippen LogP contribution in [0.4, 0.5) is 13.2 Å². The number of carbonyl (C=O) groups is 1. The number of nitrogens with zero attached hydrogens (tertiary/aromatic N) is 1. The van der Waals surface area contributed by atoms with E-state index < -0.39 is 17.6 Å². The number of hydrogen-bond acceptors (Lipinski definition) is 1. The Balaban J connectivity index is 1.72. The van der Waals surface area contributed by atoms with Gasteiger partial charge in [-0.15, -0.1) is 0 Å². The monoisotopic (exact) mass is 333 g/mol. The maximum absolute atomic E-state index is 13.1. The summed E-state index contributed by atoms with van der Waals surface area (Å²) in [5.41, 5.74) is 0.101. The van der Waals surface area contributed by atoms with Gasteiger partial charge in [0.25, 0.3) is 5.91 Å². The fourth-order valence-corrected chi connectivity index (χ4v) is 3.23. The molecule has 2 nitrogen and oxygen atoms in total. The molecule has 24 heavy (non-hydrogen) atoms. The maximum Gasteiger partial charge on any atom is 0.417 e. The van der Waals surface area contributed by atoms with Crippen LogP contribution in [-0.4, -0.2) is 23.9 Å². The van der Waals surface area contributed by atoms with Gasteiger partial charge in [-0.05, 0) is 36.5 Å². The molecule has 0 bridgehead atoms. The molecule has 3 rings (SSSR count). The number of hydrogen-bond donors (Lipinski definition) is 0. The van der Waals surface area contributed by atoms with Crippen molar-refractivity contribution in [2.75, 3.05) is 13.1 Å². The number of piperidine rings is 1. The van der Waals surface area contributed by atoms with E-state index in [-0.39, 0.29) is 5.56 Å². The third kappa shape index (κ3) is 3.45. The van der Waals surface area contributed by atoms with E-state index >= 15 is 0 Å². The lowest BCUT2D eigenvalue weighted by atomic mass is 9.89. The second kappa shape index (κ2) is 6.67. The summed E-state index contributed by atoms with van der Waals surface area (Å²) in [6, 6.07) is 15.0. The van der Waals surface area contributed by atoms with Crippen molar-refractivity contribution < 1.29 is 18.0 Å². The van der Waals surface area contributed by atoms with Gasteiger partial charge in [0.05, 0.1) is 11.1 Å². The summed E-state index contributed by atoms with van der Waals surface area (Å²) in [5, 5.41) is 0. The van der Waals surface area contributed by atoms with E-state index in [0.717, 1.165) is 18.9 Å². The van der Waals surface area contributed by atoms with Gasteiger partial charge in [-0.1, -0.05) is 42.5 Å². The summed E-state index contributed by atoms with van der Waals surface area (Å²) in [7, 11) is 0. The van der Waals surface area contributed by atoms with Crippen LogP contribution in [0.3, 0.4) is 0 Å². The third-order valence-corrected chi connectivity index (χ3v) is 4.52. The first-order valence-corrected chi connectivity index (χ1v) is 7.97. The van der Waals surface area contributed by atoms with E-state index in [1.807, 2.05) is 18.2 Å². The van der Waals surface area contributed by atoms with Gasteiger partial charge in [0.2, 0.25) is 0 Å². The Morgan fingerprint density at radius 1 is 0.917 bits per heavy atom. The van der Waals surface area contributed by atoms with Crippen LogP contribution in [0.1, 0.15) is 40.2 Å². The summed E-state index contributed by atoms with van der Waals surface area (Å²) >= 11 is 0.